The molecule has 0 bridgehead atoms. The number of rotatable bonds is 4. The minimum absolute atomic E-state index is 0.0351. The van der Waals surface area contributed by atoms with Gasteiger partial charge in [-0.1, -0.05) is 0 Å². The number of hydrogen-bond acceptors (Lipinski definition) is 6. The van der Waals surface area contributed by atoms with Gasteiger partial charge >= 0.3 is 11.9 Å². The number of nitrogens with zero attached hydrogens (tertiary/aromatic N) is 1. The number of ether oxygens (including phenoxy) is 2. The van der Waals surface area contributed by atoms with Crippen molar-refractivity contribution in [3.63, 3.8) is 0 Å². The molecule has 1 aliphatic rings. The van der Waals surface area contributed by atoms with Gasteiger partial charge in [-0.2, -0.15) is 0 Å². The van der Waals surface area contributed by atoms with Crippen LogP contribution in [-0.4, -0.2) is 35.8 Å². The number of aromatic hydroxyl groups is 1. The Kier molecular flexibility index (Phi) is 4.30. The highest BCUT2D eigenvalue weighted by Gasteiger charge is 2.32. The number of hydrogen-bond donors (Lipinski definition) is 1. The number of esters is 2. The molecule has 1 N–H and O–H groups in total. The number of aryl methyl sites for hydroxylation is 1. The summed E-state index contributed by atoms with van der Waals surface area (Å²) < 4.78 is 10.5. The Hall–Kier alpha value is -2.31. The molecular weight excluding hydrogens is 278 g/mol. The maximum atomic E-state index is 12.4. The predicted octanol–water partition coefficient (Wildman–Crippen LogP) is 0.320. The van der Waals surface area contributed by atoms with Crippen LogP contribution < -0.4 is 5.56 Å². The fourth-order valence-electron chi connectivity index (χ4n) is 2.57. The van der Waals surface area contributed by atoms with E-state index in [9.17, 15) is 19.5 Å². The van der Waals surface area contributed by atoms with E-state index in [-0.39, 0.29) is 29.7 Å². The fraction of sp³-hybridized carbons (Fsp3) is 0.500. The molecule has 1 aliphatic heterocycles. The molecule has 21 heavy (non-hydrogen) atoms. The maximum absolute atomic E-state index is 12.4. The normalized spacial score (nSPS) is 16.4. The van der Waals surface area contributed by atoms with Gasteiger partial charge in [-0.15, -0.1) is 0 Å². The molecular formula is C14H17NO6. The zero-order chi connectivity index (χ0) is 15.6. The van der Waals surface area contributed by atoms with Gasteiger partial charge < -0.3 is 14.6 Å². The van der Waals surface area contributed by atoms with Crippen molar-refractivity contribution < 1.29 is 24.2 Å². The average Bonchev–Trinajstić information content (AvgIpc) is 2.93. The lowest BCUT2D eigenvalue weighted by Crippen LogP contribution is -2.30. The molecule has 0 spiro atoms. The molecule has 2 heterocycles. The molecule has 0 fully saturated rings. The summed E-state index contributed by atoms with van der Waals surface area (Å²) >= 11 is 0. The number of fused-ring (bicyclic) bond motifs is 1. The van der Waals surface area contributed by atoms with Crippen LogP contribution in [0.4, 0.5) is 0 Å². The zero-order valence-corrected chi connectivity index (χ0v) is 11.9. The van der Waals surface area contributed by atoms with Crippen LogP contribution in [0.3, 0.4) is 0 Å². The molecule has 0 saturated carbocycles. The highest BCUT2D eigenvalue weighted by Crippen LogP contribution is 2.31. The molecule has 1 aromatic heterocycles. The summed E-state index contributed by atoms with van der Waals surface area (Å²) in [5.74, 6) is -0.995. The Morgan fingerprint density at radius 3 is 2.71 bits per heavy atom. The monoisotopic (exact) mass is 295 g/mol. The molecule has 0 aliphatic carbocycles. The Morgan fingerprint density at radius 2 is 2.10 bits per heavy atom. The largest absolute Gasteiger partial charge is 0.506 e. The van der Waals surface area contributed by atoms with Crippen molar-refractivity contribution in [3.8, 4) is 5.75 Å². The van der Waals surface area contributed by atoms with E-state index in [0.29, 0.717) is 18.5 Å². The van der Waals surface area contributed by atoms with Gasteiger partial charge in [0.15, 0.2) is 0 Å². The molecule has 0 amide bonds. The van der Waals surface area contributed by atoms with E-state index in [1.54, 1.807) is 0 Å². The van der Waals surface area contributed by atoms with Gasteiger partial charge in [-0.25, -0.2) is 4.79 Å². The summed E-state index contributed by atoms with van der Waals surface area (Å²) in [6, 6.07) is 0.637. The van der Waals surface area contributed by atoms with E-state index in [0.717, 1.165) is 0 Å². The van der Waals surface area contributed by atoms with Crippen LogP contribution in [0.25, 0.3) is 0 Å². The molecule has 1 aromatic rings. The molecule has 0 radical (unpaired) electrons. The summed E-state index contributed by atoms with van der Waals surface area (Å²) in [5.41, 5.74) is 0.328. The number of pyridine rings is 1. The molecule has 0 saturated heterocycles. The third-order valence-corrected chi connectivity index (χ3v) is 3.66. The SMILES string of the molecule is COC(=O)CCc1cc(O)c2n(c1=O)[C@H](C(=O)OC)CC2. The lowest BCUT2D eigenvalue weighted by atomic mass is 10.1. The van der Waals surface area contributed by atoms with Gasteiger partial charge in [-0.3, -0.25) is 14.2 Å². The second-order valence-corrected chi connectivity index (χ2v) is 4.83. The molecule has 0 aromatic carbocycles. The van der Waals surface area contributed by atoms with Crippen molar-refractivity contribution in [1.82, 2.24) is 4.57 Å². The fourth-order valence-corrected chi connectivity index (χ4v) is 2.57. The molecule has 7 nitrogen and oxygen atoms in total. The lowest BCUT2D eigenvalue weighted by Gasteiger charge is -2.14. The van der Waals surface area contributed by atoms with Gasteiger partial charge in [0.1, 0.15) is 11.8 Å². The predicted molar refractivity (Wildman–Crippen MR) is 72.1 cm³/mol. The van der Waals surface area contributed by atoms with Crippen molar-refractivity contribution in [1.29, 1.82) is 0 Å². The van der Waals surface area contributed by atoms with Crippen LogP contribution in [-0.2, 0) is 31.9 Å². The summed E-state index contributed by atoms with van der Waals surface area (Å²) in [7, 11) is 2.52. The van der Waals surface area contributed by atoms with E-state index in [2.05, 4.69) is 9.47 Å². The second kappa shape index (κ2) is 5.99. The molecule has 7 heteroatoms. The third-order valence-electron chi connectivity index (χ3n) is 3.66. The second-order valence-electron chi connectivity index (χ2n) is 4.83. The number of carbonyl (C=O) groups is 2. The molecule has 114 valence electrons. The van der Waals surface area contributed by atoms with Crippen LogP contribution in [0.5, 0.6) is 5.75 Å². The quantitative estimate of drug-likeness (QED) is 0.804. The van der Waals surface area contributed by atoms with Crippen LogP contribution in [0.2, 0.25) is 0 Å². The van der Waals surface area contributed by atoms with Gasteiger partial charge in [0.2, 0.25) is 0 Å². The smallest absolute Gasteiger partial charge is 0.328 e. The molecule has 1 atom stereocenters. The van der Waals surface area contributed by atoms with Gasteiger partial charge in [0.25, 0.3) is 5.56 Å². The lowest BCUT2D eigenvalue weighted by molar-refractivity contribution is -0.144. The summed E-state index contributed by atoms with van der Waals surface area (Å²) in [5, 5.41) is 10.0. The minimum Gasteiger partial charge on any atom is -0.506 e. The maximum Gasteiger partial charge on any atom is 0.328 e. The summed E-state index contributed by atoms with van der Waals surface area (Å²) in [6.07, 6.45) is 1.02. The van der Waals surface area contributed by atoms with Crippen molar-refractivity contribution in [3.05, 3.63) is 27.7 Å². The van der Waals surface area contributed by atoms with Crippen molar-refractivity contribution in [2.45, 2.75) is 31.7 Å². The van der Waals surface area contributed by atoms with Gasteiger partial charge in [-0.05, 0) is 25.3 Å². The van der Waals surface area contributed by atoms with Crippen LogP contribution in [0.1, 0.15) is 30.1 Å². The Morgan fingerprint density at radius 1 is 1.38 bits per heavy atom. The highest BCUT2D eigenvalue weighted by molar-refractivity contribution is 5.75. The van der Waals surface area contributed by atoms with Crippen LogP contribution in [0.15, 0.2) is 10.9 Å². The first kappa shape index (κ1) is 15.1. The highest BCUT2D eigenvalue weighted by atomic mass is 16.5. The Labute approximate surface area is 121 Å². The number of carbonyl (C=O) groups excluding carboxylic acids is 2. The molecule has 0 unspecified atom stereocenters. The Bertz CT molecular complexity index is 633. The minimum atomic E-state index is -0.721. The molecule has 2 rings (SSSR count). The van der Waals surface area contributed by atoms with Crippen molar-refractivity contribution >= 4 is 11.9 Å². The average molecular weight is 295 g/mol. The van der Waals surface area contributed by atoms with Crippen LogP contribution >= 0.6 is 0 Å². The van der Waals surface area contributed by atoms with E-state index >= 15 is 0 Å². The number of aromatic nitrogens is 1. The zero-order valence-electron chi connectivity index (χ0n) is 11.9. The van der Waals surface area contributed by atoms with E-state index in [4.69, 9.17) is 0 Å². The van der Waals surface area contributed by atoms with E-state index < -0.39 is 18.0 Å². The van der Waals surface area contributed by atoms with Crippen LogP contribution in [0, 0.1) is 0 Å². The van der Waals surface area contributed by atoms with Gasteiger partial charge in [0, 0.05) is 12.0 Å². The first-order valence-electron chi connectivity index (χ1n) is 6.60. The van der Waals surface area contributed by atoms with Gasteiger partial charge in [0.05, 0.1) is 19.9 Å². The summed E-state index contributed by atoms with van der Waals surface area (Å²) in [4.78, 5) is 35.3. The van der Waals surface area contributed by atoms with Crippen molar-refractivity contribution in [2.75, 3.05) is 14.2 Å². The van der Waals surface area contributed by atoms with Crippen molar-refractivity contribution in [2.24, 2.45) is 0 Å². The number of methoxy groups -OCH3 is 2. The first-order valence-corrected chi connectivity index (χ1v) is 6.60. The summed E-state index contributed by atoms with van der Waals surface area (Å²) in [6.45, 7) is 0. The van der Waals surface area contributed by atoms with E-state index in [1.165, 1.54) is 24.9 Å². The first-order chi connectivity index (χ1) is 9.99. The third kappa shape index (κ3) is 2.76. The Balaban J connectivity index is 2.39. The van der Waals surface area contributed by atoms with E-state index in [1.807, 2.05) is 0 Å². The standard InChI is InChI=1S/C14H17NO6/c1-20-12(17)6-3-8-7-11(16)9-4-5-10(14(19)21-2)15(9)13(8)18/h7,10,16H,3-6H2,1-2H3/t10-/m0/s1. The topological polar surface area (TPSA) is 94.8 Å².